The van der Waals surface area contributed by atoms with Gasteiger partial charge in [-0.15, -0.1) is 0 Å². The van der Waals surface area contributed by atoms with Crippen molar-refractivity contribution in [2.75, 3.05) is 47.4 Å². The van der Waals surface area contributed by atoms with Crippen LogP contribution in [0.1, 0.15) is 40.9 Å². The molecule has 1 aliphatic rings. The molecule has 1 aromatic carbocycles. The number of aliphatic hydroxyl groups excluding tert-OH is 1. The summed E-state index contributed by atoms with van der Waals surface area (Å²) in [5, 5.41) is 9.82. The van der Waals surface area contributed by atoms with Gasteiger partial charge in [-0.1, -0.05) is 37.0 Å². The number of benzene rings is 1. The molecule has 1 aliphatic heterocycles. The van der Waals surface area contributed by atoms with Crippen LogP contribution in [0.15, 0.2) is 36.5 Å². The highest BCUT2D eigenvalue weighted by Crippen LogP contribution is 2.30. The van der Waals surface area contributed by atoms with Crippen LogP contribution < -0.4 is 4.74 Å². The summed E-state index contributed by atoms with van der Waals surface area (Å²) in [6.45, 7) is 5.07. The van der Waals surface area contributed by atoms with E-state index in [2.05, 4.69) is 16.8 Å². The van der Waals surface area contributed by atoms with Crippen molar-refractivity contribution < 1.29 is 27.8 Å². The first-order chi connectivity index (χ1) is 17.9. The topological polar surface area (TPSA) is 69.1 Å². The molecule has 0 fully saturated rings. The third-order valence-corrected chi connectivity index (χ3v) is 6.35. The minimum Gasteiger partial charge on any atom is -0.472 e. The van der Waals surface area contributed by atoms with E-state index in [0.29, 0.717) is 30.8 Å². The Morgan fingerprint density at radius 3 is 2.66 bits per heavy atom. The van der Waals surface area contributed by atoms with Crippen molar-refractivity contribution in [2.45, 2.75) is 38.7 Å². The highest BCUT2D eigenvalue weighted by molar-refractivity contribution is 5.97. The van der Waals surface area contributed by atoms with Crippen molar-refractivity contribution >= 4 is 5.91 Å². The van der Waals surface area contributed by atoms with Crippen LogP contribution in [0.4, 0.5) is 13.2 Å². The van der Waals surface area contributed by atoms with Crippen LogP contribution in [0.2, 0.25) is 0 Å². The third-order valence-electron chi connectivity index (χ3n) is 6.35. The number of alkyl halides is 3. The maximum absolute atomic E-state index is 13.5. The largest absolute Gasteiger partial charge is 0.472 e. The van der Waals surface area contributed by atoms with E-state index in [1.807, 2.05) is 37.9 Å². The minimum atomic E-state index is -4.41. The van der Waals surface area contributed by atoms with Gasteiger partial charge in [-0.05, 0) is 45.8 Å². The number of carbonyl (C=O) groups is 1. The predicted octanol–water partition coefficient (Wildman–Crippen LogP) is 3.37. The van der Waals surface area contributed by atoms with Gasteiger partial charge in [0.2, 0.25) is 5.88 Å². The standard InChI is InChI=1S/C28H35F3N4O3/c1-19-15-35(20(2)18-36)27(37)24-13-21(9-7-11-33(3)4)14-32-26(24)38-25(19)17-34(5)16-22-8-6-10-23(12-22)28(29,30)31/h6,8,10,12-14,19-20,25,36H,11,15-18H2,1-5H3/t19-,20+,25-/m0/s1. The fraction of sp³-hybridized carbons (Fsp3) is 0.500. The maximum Gasteiger partial charge on any atom is 0.416 e. The van der Waals surface area contributed by atoms with Crippen LogP contribution in [0, 0.1) is 17.8 Å². The van der Waals surface area contributed by atoms with Gasteiger partial charge in [-0.25, -0.2) is 4.98 Å². The number of carbonyl (C=O) groups excluding carboxylic acids is 1. The number of halogens is 3. The summed E-state index contributed by atoms with van der Waals surface area (Å²) in [4.78, 5) is 23.3. The van der Waals surface area contributed by atoms with Crippen LogP contribution in [-0.2, 0) is 12.7 Å². The molecule has 1 aromatic heterocycles. The van der Waals surface area contributed by atoms with Gasteiger partial charge >= 0.3 is 6.18 Å². The number of amides is 1. The van der Waals surface area contributed by atoms with Crippen LogP contribution in [-0.4, -0.2) is 90.2 Å². The first-order valence-electron chi connectivity index (χ1n) is 12.5. The summed E-state index contributed by atoms with van der Waals surface area (Å²) >= 11 is 0. The zero-order chi connectivity index (χ0) is 28.0. The Kier molecular flexibility index (Phi) is 9.77. The lowest BCUT2D eigenvalue weighted by Crippen LogP contribution is -2.49. The zero-order valence-corrected chi connectivity index (χ0v) is 22.4. The number of hydrogen-bond acceptors (Lipinski definition) is 6. The number of likely N-dealkylation sites (N-methyl/N-ethyl adjacent to an activating group) is 1. The molecular weight excluding hydrogens is 497 g/mol. The summed E-state index contributed by atoms with van der Waals surface area (Å²) in [5.74, 6) is 5.77. The smallest absolute Gasteiger partial charge is 0.416 e. The molecule has 2 heterocycles. The molecule has 0 aliphatic carbocycles. The number of rotatable bonds is 7. The first kappa shape index (κ1) is 29.4. The number of nitrogens with zero attached hydrogens (tertiary/aromatic N) is 4. The van der Waals surface area contributed by atoms with Gasteiger partial charge in [-0.3, -0.25) is 14.6 Å². The normalized spacial score (nSPS) is 18.8. The van der Waals surface area contributed by atoms with E-state index in [1.165, 1.54) is 6.07 Å². The molecule has 0 saturated heterocycles. The quantitative estimate of drug-likeness (QED) is 0.552. The molecule has 0 bridgehead atoms. The Morgan fingerprint density at radius 1 is 1.26 bits per heavy atom. The van der Waals surface area contributed by atoms with Crippen LogP contribution in [0.3, 0.4) is 0 Å². The summed E-state index contributed by atoms with van der Waals surface area (Å²) in [7, 11) is 5.63. The van der Waals surface area contributed by atoms with Gasteiger partial charge in [0, 0.05) is 37.3 Å². The molecule has 0 saturated carbocycles. The van der Waals surface area contributed by atoms with Crippen molar-refractivity contribution in [3.63, 3.8) is 0 Å². The number of aromatic nitrogens is 1. The minimum absolute atomic E-state index is 0.147. The zero-order valence-electron chi connectivity index (χ0n) is 22.4. The molecule has 1 amide bonds. The number of pyridine rings is 1. The molecule has 10 heteroatoms. The molecule has 3 rings (SSSR count). The van der Waals surface area contributed by atoms with E-state index in [1.54, 1.807) is 30.2 Å². The van der Waals surface area contributed by atoms with Crippen molar-refractivity contribution in [1.82, 2.24) is 19.7 Å². The van der Waals surface area contributed by atoms with Gasteiger partial charge in [0.1, 0.15) is 11.7 Å². The first-order valence-corrected chi connectivity index (χ1v) is 12.5. The van der Waals surface area contributed by atoms with Crippen LogP contribution in [0.5, 0.6) is 5.88 Å². The second kappa shape index (κ2) is 12.6. The van der Waals surface area contributed by atoms with E-state index in [4.69, 9.17) is 4.74 Å². The lowest BCUT2D eigenvalue weighted by molar-refractivity contribution is -0.137. The number of fused-ring (bicyclic) bond motifs is 1. The lowest BCUT2D eigenvalue weighted by atomic mass is 9.99. The molecule has 3 atom stereocenters. The molecule has 2 aromatic rings. The SMILES string of the molecule is C[C@H](CO)N1C[C@H](C)[C@H](CN(C)Cc2cccc(C(F)(F)F)c2)Oc2ncc(C#CCN(C)C)cc2C1=O. The third kappa shape index (κ3) is 7.69. The Morgan fingerprint density at radius 2 is 2.00 bits per heavy atom. The molecule has 1 N–H and O–H groups in total. The summed E-state index contributed by atoms with van der Waals surface area (Å²) in [5.41, 5.74) is 0.685. The highest BCUT2D eigenvalue weighted by Gasteiger charge is 2.34. The summed E-state index contributed by atoms with van der Waals surface area (Å²) in [6.07, 6.45) is -3.26. The van der Waals surface area contributed by atoms with Crippen molar-refractivity contribution in [1.29, 1.82) is 0 Å². The van der Waals surface area contributed by atoms with Gasteiger partial charge < -0.3 is 14.7 Å². The second-order valence-corrected chi connectivity index (χ2v) is 10.1. The van der Waals surface area contributed by atoms with Crippen molar-refractivity contribution in [3.05, 3.63) is 58.8 Å². The molecule has 7 nitrogen and oxygen atoms in total. The van der Waals surface area contributed by atoms with E-state index >= 15 is 0 Å². The fourth-order valence-corrected chi connectivity index (χ4v) is 4.22. The Hall–Kier alpha value is -3.13. The number of ether oxygens (including phenoxy) is 1. The van der Waals surface area contributed by atoms with Gasteiger partial charge in [0.25, 0.3) is 5.91 Å². The Balaban J connectivity index is 1.87. The molecule has 206 valence electrons. The fourth-order valence-electron chi connectivity index (χ4n) is 4.22. The average Bonchev–Trinajstić information content (AvgIpc) is 2.85. The second-order valence-electron chi connectivity index (χ2n) is 10.1. The summed E-state index contributed by atoms with van der Waals surface area (Å²) < 4.78 is 45.7. The van der Waals surface area contributed by atoms with Gasteiger partial charge in [0.05, 0.1) is 24.8 Å². The van der Waals surface area contributed by atoms with Gasteiger partial charge in [0.15, 0.2) is 0 Å². The molecule has 0 radical (unpaired) electrons. The molecular formula is C28H35F3N4O3. The number of hydrogen-bond donors (Lipinski definition) is 1. The van der Waals surface area contributed by atoms with Crippen LogP contribution in [0.25, 0.3) is 0 Å². The number of aliphatic hydroxyl groups is 1. The highest BCUT2D eigenvalue weighted by atomic mass is 19.4. The lowest BCUT2D eigenvalue weighted by Gasteiger charge is -2.37. The Labute approximate surface area is 222 Å². The maximum atomic E-state index is 13.5. The monoisotopic (exact) mass is 532 g/mol. The van der Waals surface area contributed by atoms with Crippen LogP contribution >= 0.6 is 0 Å². The average molecular weight is 533 g/mol. The van der Waals surface area contributed by atoms with E-state index in [-0.39, 0.29) is 36.4 Å². The summed E-state index contributed by atoms with van der Waals surface area (Å²) in [6, 6.07) is 6.50. The van der Waals surface area contributed by atoms with Crippen molar-refractivity contribution in [2.24, 2.45) is 5.92 Å². The van der Waals surface area contributed by atoms with E-state index in [9.17, 15) is 23.1 Å². The van der Waals surface area contributed by atoms with Gasteiger partial charge in [-0.2, -0.15) is 13.2 Å². The molecule has 0 unspecified atom stereocenters. The van der Waals surface area contributed by atoms with E-state index < -0.39 is 23.9 Å². The molecule has 0 spiro atoms. The molecule has 38 heavy (non-hydrogen) atoms. The van der Waals surface area contributed by atoms with Crippen molar-refractivity contribution in [3.8, 4) is 17.7 Å². The Bertz CT molecular complexity index is 1180. The predicted molar refractivity (Wildman–Crippen MR) is 139 cm³/mol. The van der Waals surface area contributed by atoms with E-state index in [0.717, 1.165) is 12.1 Å².